The van der Waals surface area contributed by atoms with E-state index in [-0.39, 0.29) is 11.8 Å². The third-order valence-corrected chi connectivity index (χ3v) is 2.52. The second-order valence-electron chi connectivity index (χ2n) is 3.70. The number of aromatic nitrogens is 3. The number of nitrogens with zero attached hydrogens (tertiary/aromatic N) is 3. The number of benzene rings is 1. The van der Waals surface area contributed by atoms with Gasteiger partial charge in [0.05, 0.1) is 0 Å². The van der Waals surface area contributed by atoms with Crippen molar-refractivity contribution in [2.24, 2.45) is 0 Å². The summed E-state index contributed by atoms with van der Waals surface area (Å²) in [5.41, 5.74) is 8.05. The molecule has 2 heterocycles. The van der Waals surface area contributed by atoms with Crippen molar-refractivity contribution in [3.63, 3.8) is 0 Å². The Morgan fingerprint density at radius 2 is 1.71 bits per heavy atom. The van der Waals surface area contributed by atoms with Crippen LogP contribution >= 0.6 is 0 Å². The van der Waals surface area contributed by atoms with Crippen LogP contribution in [0.15, 0.2) is 42.6 Å². The Morgan fingerprint density at radius 1 is 1.00 bits per heavy atom. The van der Waals surface area contributed by atoms with E-state index in [4.69, 9.17) is 5.73 Å². The van der Waals surface area contributed by atoms with Gasteiger partial charge in [-0.25, -0.2) is 8.91 Å². The van der Waals surface area contributed by atoms with Gasteiger partial charge in [0, 0.05) is 11.8 Å². The molecule has 0 saturated heterocycles. The number of hydrogen-bond donors (Lipinski definition) is 1. The van der Waals surface area contributed by atoms with E-state index >= 15 is 0 Å². The van der Waals surface area contributed by atoms with Crippen LogP contribution in [0.25, 0.3) is 16.8 Å². The van der Waals surface area contributed by atoms with Crippen molar-refractivity contribution in [3.8, 4) is 11.1 Å². The highest BCUT2D eigenvalue weighted by atomic mass is 19.1. The zero-order chi connectivity index (χ0) is 11.8. The lowest BCUT2D eigenvalue weighted by molar-refractivity contribution is 0.628. The number of anilines is 1. The van der Waals surface area contributed by atoms with Gasteiger partial charge in [-0.3, -0.25) is 0 Å². The molecule has 2 N–H and O–H groups in total. The van der Waals surface area contributed by atoms with Crippen LogP contribution in [0.1, 0.15) is 0 Å². The smallest absolute Gasteiger partial charge is 0.240 e. The summed E-state index contributed by atoms with van der Waals surface area (Å²) in [6.45, 7) is 0. The summed E-state index contributed by atoms with van der Waals surface area (Å²) in [7, 11) is 0. The molecule has 0 atom stereocenters. The molecule has 0 fully saturated rings. The molecule has 2 aromatic heterocycles. The van der Waals surface area contributed by atoms with Crippen LogP contribution < -0.4 is 5.73 Å². The molecule has 4 nitrogen and oxygen atoms in total. The van der Waals surface area contributed by atoms with Crippen LogP contribution in [-0.4, -0.2) is 14.6 Å². The highest BCUT2D eigenvalue weighted by molar-refractivity contribution is 5.64. The summed E-state index contributed by atoms with van der Waals surface area (Å²) in [6, 6.07) is 10.0. The molecule has 0 aliphatic heterocycles. The zero-order valence-electron chi connectivity index (χ0n) is 8.84. The van der Waals surface area contributed by atoms with E-state index in [1.807, 2.05) is 18.3 Å². The molecule has 0 unspecified atom stereocenters. The molecule has 0 bridgehead atoms. The van der Waals surface area contributed by atoms with E-state index in [2.05, 4.69) is 10.1 Å². The number of rotatable bonds is 1. The molecule has 0 amide bonds. The number of hydrogen-bond acceptors (Lipinski definition) is 3. The Kier molecular flexibility index (Phi) is 2.04. The van der Waals surface area contributed by atoms with Crippen molar-refractivity contribution in [2.45, 2.75) is 0 Å². The van der Waals surface area contributed by atoms with E-state index in [0.717, 1.165) is 11.1 Å². The number of fused-ring (bicyclic) bond motifs is 1. The molecule has 1 aromatic carbocycles. The van der Waals surface area contributed by atoms with Gasteiger partial charge < -0.3 is 5.73 Å². The molecule has 3 aromatic rings. The van der Waals surface area contributed by atoms with Crippen LogP contribution in [0.2, 0.25) is 0 Å². The Morgan fingerprint density at radius 3 is 2.47 bits per heavy atom. The van der Waals surface area contributed by atoms with Gasteiger partial charge in [0.15, 0.2) is 5.65 Å². The SMILES string of the molecule is Nc1nc2ccc(-c3ccc(F)cc3)cn2n1. The Hall–Kier alpha value is -2.43. The molecule has 5 heteroatoms. The highest BCUT2D eigenvalue weighted by Gasteiger charge is 2.03. The van der Waals surface area contributed by atoms with Gasteiger partial charge in [0.2, 0.25) is 5.95 Å². The van der Waals surface area contributed by atoms with E-state index < -0.39 is 0 Å². The summed E-state index contributed by atoms with van der Waals surface area (Å²) >= 11 is 0. The summed E-state index contributed by atoms with van der Waals surface area (Å²) in [6.07, 6.45) is 1.81. The molecule has 17 heavy (non-hydrogen) atoms. The van der Waals surface area contributed by atoms with Crippen molar-refractivity contribution in [2.75, 3.05) is 5.73 Å². The number of halogens is 1. The molecule has 0 spiro atoms. The number of nitrogen functional groups attached to an aromatic ring is 1. The Balaban J connectivity index is 2.13. The van der Waals surface area contributed by atoms with Crippen molar-refractivity contribution in [1.29, 1.82) is 0 Å². The van der Waals surface area contributed by atoms with Crippen LogP contribution in [0.3, 0.4) is 0 Å². The monoisotopic (exact) mass is 228 g/mol. The predicted octanol–water partition coefficient (Wildman–Crippen LogP) is 2.12. The molecule has 0 saturated carbocycles. The molecule has 0 aliphatic rings. The van der Waals surface area contributed by atoms with Crippen LogP contribution in [0.5, 0.6) is 0 Å². The fourth-order valence-electron chi connectivity index (χ4n) is 1.71. The fourth-order valence-corrected chi connectivity index (χ4v) is 1.71. The molecule has 0 radical (unpaired) electrons. The van der Waals surface area contributed by atoms with Gasteiger partial charge in [0.25, 0.3) is 0 Å². The van der Waals surface area contributed by atoms with Crippen LogP contribution in [0.4, 0.5) is 10.3 Å². The average molecular weight is 228 g/mol. The minimum absolute atomic E-state index is 0.237. The lowest BCUT2D eigenvalue weighted by atomic mass is 10.1. The van der Waals surface area contributed by atoms with Crippen molar-refractivity contribution in [1.82, 2.24) is 14.6 Å². The first-order valence-electron chi connectivity index (χ1n) is 5.10. The average Bonchev–Trinajstić information content (AvgIpc) is 2.69. The Labute approximate surface area is 96.5 Å². The van der Waals surface area contributed by atoms with E-state index in [9.17, 15) is 4.39 Å². The summed E-state index contributed by atoms with van der Waals surface area (Å²) in [5, 5.41) is 4.03. The third-order valence-electron chi connectivity index (χ3n) is 2.52. The van der Waals surface area contributed by atoms with Gasteiger partial charge in [-0.15, -0.1) is 5.10 Å². The summed E-state index contributed by atoms with van der Waals surface area (Å²) < 4.78 is 14.4. The first-order chi connectivity index (χ1) is 8.22. The summed E-state index contributed by atoms with van der Waals surface area (Å²) in [4.78, 5) is 4.03. The normalized spacial score (nSPS) is 10.9. The van der Waals surface area contributed by atoms with Crippen molar-refractivity contribution < 1.29 is 4.39 Å². The molecule has 0 aliphatic carbocycles. The van der Waals surface area contributed by atoms with Gasteiger partial charge in [-0.2, -0.15) is 4.98 Å². The predicted molar refractivity (Wildman–Crippen MR) is 62.8 cm³/mol. The molecule has 3 rings (SSSR count). The van der Waals surface area contributed by atoms with Gasteiger partial charge >= 0.3 is 0 Å². The summed E-state index contributed by atoms with van der Waals surface area (Å²) in [5.74, 6) is -0.0129. The quantitative estimate of drug-likeness (QED) is 0.694. The van der Waals surface area contributed by atoms with Crippen LogP contribution in [0, 0.1) is 5.82 Å². The van der Waals surface area contributed by atoms with Crippen LogP contribution in [-0.2, 0) is 0 Å². The first-order valence-corrected chi connectivity index (χ1v) is 5.10. The topological polar surface area (TPSA) is 56.2 Å². The largest absolute Gasteiger partial charge is 0.366 e. The number of nitrogens with two attached hydrogens (primary N) is 1. The molecular formula is C12H9FN4. The first kappa shape index (κ1) is 9.77. The third kappa shape index (κ3) is 1.71. The van der Waals surface area contributed by atoms with Crippen molar-refractivity contribution in [3.05, 3.63) is 48.4 Å². The van der Waals surface area contributed by atoms with Gasteiger partial charge in [0.1, 0.15) is 5.82 Å². The molecule has 84 valence electrons. The number of pyridine rings is 1. The fraction of sp³-hybridized carbons (Fsp3) is 0. The van der Waals surface area contributed by atoms with E-state index in [1.54, 1.807) is 16.6 Å². The Bertz CT molecular complexity index is 673. The zero-order valence-corrected chi connectivity index (χ0v) is 8.84. The van der Waals surface area contributed by atoms with E-state index in [0.29, 0.717) is 5.65 Å². The minimum atomic E-state index is -0.250. The second kappa shape index (κ2) is 3.55. The second-order valence-corrected chi connectivity index (χ2v) is 3.70. The highest BCUT2D eigenvalue weighted by Crippen LogP contribution is 2.20. The van der Waals surface area contributed by atoms with Gasteiger partial charge in [-0.05, 0) is 29.8 Å². The lowest BCUT2D eigenvalue weighted by Crippen LogP contribution is -1.90. The minimum Gasteiger partial charge on any atom is -0.366 e. The van der Waals surface area contributed by atoms with E-state index in [1.165, 1.54) is 12.1 Å². The maximum atomic E-state index is 12.8. The maximum Gasteiger partial charge on any atom is 0.240 e. The lowest BCUT2D eigenvalue weighted by Gasteiger charge is -2.01. The standard InChI is InChI=1S/C12H9FN4/c13-10-4-1-8(2-5-10)9-3-6-11-15-12(14)16-17(11)7-9/h1-7H,(H2,14,16). The van der Waals surface area contributed by atoms with Gasteiger partial charge in [-0.1, -0.05) is 12.1 Å². The molecular weight excluding hydrogens is 219 g/mol. The maximum absolute atomic E-state index is 12.8. The van der Waals surface area contributed by atoms with Crippen molar-refractivity contribution >= 4 is 11.6 Å².